The molecule has 0 spiro atoms. The SMILES string of the molecule is CN(C)CC(O)COc1cccc2c1OCCO2.[Cl-]. The van der Waals surface area contributed by atoms with Crippen LogP contribution >= 0.6 is 0 Å². The lowest BCUT2D eigenvalue weighted by molar-refractivity contribution is -0.00000685. The Morgan fingerprint density at radius 1 is 1.32 bits per heavy atom. The molecule has 108 valence electrons. The minimum atomic E-state index is -0.527. The molecule has 0 bridgehead atoms. The summed E-state index contributed by atoms with van der Waals surface area (Å²) in [7, 11) is 3.81. The van der Waals surface area contributed by atoms with Gasteiger partial charge in [0, 0.05) is 6.54 Å². The molecular weight excluding hydrogens is 270 g/mol. The van der Waals surface area contributed by atoms with Crippen LogP contribution < -0.4 is 26.6 Å². The molecule has 1 atom stereocenters. The minimum Gasteiger partial charge on any atom is -1.00 e. The van der Waals surface area contributed by atoms with E-state index in [4.69, 9.17) is 14.2 Å². The fraction of sp³-hybridized carbons (Fsp3) is 0.538. The Labute approximate surface area is 119 Å². The van der Waals surface area contributed by atoms with Crippen LogP contribution in [0.15, 0.2) is 18.2 Å². The zero-order valence-electron chi connectivity index (χ0n) is 11.1. The second-order valence-corrected chi connectivity index (χ2v) is 4.51. The van der Waals surface area contributed by atoms with Crippen LogP contribution in [0.2, 0.25) is 0 Å². The molecule has 0 amide bonds. The quantitative estimate of drug-likeness (QED) is 0.664. The van der Waals surface area contributed by atoms with E-state index in [9.17, 15) is 5.11 Å². The van der Waals surface area contributed by atoms with E-state index in [0.29, 0.717) is 37.0 Å². The fourth-order valence-electron chi connectivity index (χ4n) is 1.82. The maximum atomic E-state index is 9.75. The number of aliphatic hydroxyl groups excluding tert-OH is 1. The number of benzene rings is 1. The zero-order chi connectivity index (χ0) is 13.0. The Morgan fingerprint density at radius 3 is 2.79 bits per heavy atom. The first-order valence-corrected chi connectivity index (χ1v) is 6.01. The summed E-state index contributed by atoms with van der Waals surface area (Å²) in [6.45, 7) is 1.87. The van der Waals surface area contributed by atoms with Gasteiger partial charge in [0.25, 0.3) is 0 Å². The molecule has 1 heterocycles. The number of hydrogen-bond donors (Lipinski definition) is 1. The maximum absolute atomic E-state index is 9.75. The van der Waals surface area contributed by atoms with Crippen LogP contribution in [0.4, 0.5) is 0 Å². The van der Waals surface area contributed by atoms with Gasteiger partial charge in [-0.05, 0) is 26.2 Å². The molecule has 0 radical (unpaired) electrons. The van der Waals surface area contributed by atoms with Gasteiger partial charge in [0.2, 0.25) is 5.75 Å². The second kappa shape index (κ2) is 7.43. The molecule has 1 N–H and O–H groups in total. The zero-order valence-corrected chi connectivity index (χ0v) is 11.9. The Hall–Kier alpha value is -1.17. The van der Waals surface area contributed by atoms with E-state index in [2.05, 4.69) is 0 Å². The number of nitrogens with zero attached hydrogens (tertiary/aromatic N) is 1. The molecule has 2 rings (SSSR count). The summed E-state index contributed by atoms with van der Waals surface area (Å²) in [6.07, 6.45) is -0.527. The lowest BCUT2D eigenvalue weighted by Gasteiger charge is -2.22. The van der Waals surface area contributed by atoms with E-state index >= 15 is 0 Å². The lowest BCUT2D eigenvalue weighted by Crippen LogP contribution is -3.00. The molecule has 0 aliphatic carbocycles. The Balaban J connectivity index is 0.00000180. The monoisotopic (exact) mass is 288 g/mol. The average Bonchev–Trinajstić information content (AvgIpc) is 2.35. The summed E-state index contributed by atoms with van der Waals surface area (Å²) < 4.78 is 16.6. The van der Waals surface area contributed by atoms with Crippen molar-refractivity contribution in [2.24, 2.45) is 0 Å². The van der Waals surface area contributed by atoms with Gasteiger partial charge in [-0.25, -0.2) is 0 Å². The van der Waals surface area contributed by atoms with Gasteiger partial charge in [-0.15, -0.1) is 0 Å². The van der Waals surface area contributed by atoms with Gasteiger partial charge in [-0.2, -0.15) is 0 Å². The van der Waals surface area contributed by atoms with Gasteiger partial charge in [0.1, 0.15) is 25.9 Å². The molecule has 1 aliphatic rings. The smallest absolute Gasteiger partial charge is 0.203 e. The highest BCUT2D eigenvalue weighted by Crippen LogP contribution is 2.38. The first-order valence-electron chi connectivity index (χ1n) is 6.01. The van der Waals surface area contributed by atoms with Crippen molar-refractivity contribution in [2.75, 3.05) is 40.5 Å². The van der Waals surface area contributed by atoms with E-state index in [1.54, 1.807) is 0 Å². The third-order valence-corrected chi connectivity index (χ3v) is 2.54. The highest BCUT2D eigenvalue weighted by molar-refractivity contribution is 5.51. The lowest BCUT2D eigenvalue weighted by atomic mass is 10.2. The van der Waals surface area contributed by atoms with Crippen molar-refractivity contribution in [3.8, 4) is 17.2 Å². The normalized spacial score (nSPS) is 14.7. The van der Waals surface area contributed by atoms with Crippen LogP contribution in [-0.4, -0.2) is 56.6 Å². The van der Waals surface area contributed by atoms with Crippen molar-refractivity contribution in [1.82, 2.24) is 4.90 Å². The fourth-order valence-corrected chi connectivity index (χ4v) is 1.82. The van der Waals surface area contributed by atoms with E-state index in [-0.39, 0.29) is 19.0 Å². The summed E-state index contributed by atoms with van der Waals surface area (Å²) in [5.41, 5.74) is 0. The molecule has 0 saturated heterocycles. The van der Waals surface area contributed by atoms with E-state index in [1.165, 1.54) is 0 Å². The van der Waals surface area contributed by atoms with Gasteiger partial charge >= 0.3 is 0 Å². The molecule has 0 aromatic heterocycles. The number of ether oxygens (including phenoxy) is 3. The van der Waals surface area contributed by atoms with Crippen LogP contribution in [-0.2, 0) is 0 Å². The number of halogens is 1. The van der Waals surface area contributed by atoms with Crippen LogP contribution in [0, 0.1) is 0 Å². The first-order chi connectivity index (χ1) is 8.66. The topological polar surface area (TPSA) is 51.2 Å². The molecule has 1 unspecified atom stereocenters. The van der Waals surface area contributed by atoms with E-state index in [0.717, 1.165) is 0 Å². The highest BCUT2D eigenvalue weighted by Gasteiger charge is 2.17. The molecule has 1 aromatic carbocycles. The molecule has 19 heavy (non-hydrogen) atoms. The molecular formula is C13H19ClNO4-. The van der Waals surface area contributed by atoms with Crippen molar-refractivity contribution in [1.29, 1.82) is 0 Å². The van der Waals surface area contributed by atoms with Crippen molar-refractivity contribution in [2.45, 2.75) is 6.10 Å². The van der Waals surface area contributed by atoms with Crippen LogP contribution in [0.25, 0.3) is 0 Å². The molecule has 5 nitrogen and oxygen atoms in total. The molecule has 6 heteroatoms. The van der Waals surface area contributed by atoms with Crippen molar-refractivity contribution in [3.05, 3.63) is 18.2 Å². The Kier molecular flexibility index (Phi) is 6.21. The second-order valence-electron chi connectivity index (χ2n) is 4.51. The largest absolute Gasteiger partial charge is 1.00 e. The third-order valence-electron chi connectivity index (χ3n) is 2.54. The highest BCUT2D eigenvalue weighted by atomic mass is 35.5. The van der Waals surface area contributed by atoms with Crippen LogP contribution in [0.3, 0.4) is 0 Å². The van der Waals surface area contributed by atoms with Gasteiger partial charge in [-0.1, -0.05) is 6.07 Å². The first kappa shape index (κ1) is 15.9. The number of para-hydroxylation sites is 1. The van der Waals surface area contributed by atoms with Gasteiger partial charge < -0.3 is 36.6 Å². The summed E-state index contributed by atoms with van der Waals surface area (Å²) in [5.74, 6) is 1.94. The van der Waals surface area contributed by atoms with E-state index in [1.807, 2.05) is 37.2 Å². The van der Waals surface area contributed by atoms with Crippen molar-refractivity contribution < 1.29 is 31.7 Å². The van der Waals surface area contributed by atoms with Gasteiger partial charge in [0.15, 0.2) is 11.5 Å². The molecule has 1 aliphatic heterocycles. The summed E-state index contributed by atoms with van der Waals surface area (Å²) in [5, 5.41) is 9.75. The Bertz CT molecular complexity index is 400. The standard InChI is InChI=1S/C13H19NO4.ClH/c1-14(2)8-10(15)9-18-12-5-3-4-11-13(12)17-7-6-16-11;/h3-5,10,15H,6-9H2,1-2H3;1H/p-1. The number of aliphatic hydroxyl groups is 1. The summed E-state index contributed by atoms with van der Waals surface area (Å²) >= 11 is 0. The maximum Gasteiger partial charge on any atom is 0.203 e. The average molecular weight is 289 g/mol. The molecule has 0 saturated carbocycles. The number of fused-ring (bicyclic) bond motifs is 1. The Morgan fingerprint density at radius 2 is 2.05 bits per heavy atom. The molecule has 0 fully saturated rings. The van der Waals surface area contributed by atoms with Crippen molar-refractivity contribution >= 4 is 0 Å². The van der Waals surface area contributed by atoms with Crippen molar-refractivity contribution in [3.63, 3.8) is 0 Å². The predicted octanol–water partition coefficient (Wildman–Crippen LogP) is -2.24. The van der Waals surface area contributed by atoms with Gasteiger partial charge in [-0.3, -0.25) is 0 Å². The van der Waals surface area contributed by atoms with E-state index < -0.39 is 6.10 Å². The summed E-state index contributed by atoms with van der Waals surface area (Å²) in [6, 6.07) is 5.51. The third kappa shape index (κ3) is 4.45. The minimum absolute atomic E-state index is 0. The van der Waals surface area contributed by atoms with Gasteiger partial charge in [0.05, 0.1) is 0 Å². The van der Waals surface area contributed by atoms with Crippen LogP contribution in [0.1, 0.15) is 0 Å². The molecule has 1 aromatic rings. The predicted molar refractivity (Wildman–Crippen MR) is 67.5 cm³/mol. The number of likely N-dealkylation sites (N-methyl/N-ethyl adjacent to an activating group) is 1. The number of rotatable bonds is 5. The summed E-state index contributed by atoms with van der Waals surface area (Å²) in [4.78, 5) is 1.91. The van der Waals surface area contributed by atoms with Crippen LogP contribution in [0.5, 0.6) is 17.2 Å². The number of hydrogen-bond acceptors (Lipinski definition) is 5.